The van der Waals surface area contributed by atoms with Crippen LogP contribution in [0.4, 0.5) is 5.82 Å². The van der Waals surface area contributed by atoms with Crippen molar-refractivity contribution in [2.45, 2.75) is 19.9 Å². The van der Waals surface area contributed by atoms with Crippen LogP contribution in [-0.4, -0.2) is 51.1 Å². The Labute approximate surface area is 151 Å². The lowest BCUT2D eigenvalue weighted by atomic mass is 10.1. The zero-order chi connectivity index (χ0) is 18.1. The fraction of sp³-hybridized carbons (Fsp3) is 0.316. The average Bonchev–Trinajstić information content (AvgIpc) is 3.06. The summed E-state index contributed by atoms with van der Waals surface area (Å²) in [6.45, 7) is 5.23. The van der Waals surface area contributed by atoms with E-state index >= 15 is 0 Å². The van der Waals surface area contributed by atoms with Crippen LogP contribution in [0.2, 0.25) is 0 Å². The maximum absolute atomic E-state index is 12.6. The molecule has 1 aromatic carbocycles. The monoisotopic (exact) mass is 351 g/mol. The number of carbonyl (C=O) groups is 1. The predicted molar refractivity (Wildman–Crippen MR) is 99.3 cm³/mol. The summed E-state index contributed by atoms with van der Waals surface area (Å²) in [5.74, 6) is 1.39. The Morgan fingerprint density at radius 1 is 1.27 bits per heavy atom. The van der Waals surface area contributed by atoms with Crippen LogP contribution in [0.5, 0.6) is 5.75 Å². The Hall–Kier alpha value is -3.09. The molecule has 0 spiro atoms. The molecule has 2 aromatic heterocycles. The van der Waals surface area contributed by atoms with Crippen molar-refractivity contribution in [3.05, 3.63) is 42.7 Å². The highest BCUT2D eigenvalue weighted by Gasteiger charge is 2.18. The van der Waals surface area contributed by atoms with E-state index in [0.717, 1.165) is 22.6 Å². The summed E-state index contributed by atoms with van der Waals surface area (Å²) in [6, 6.07) is 9.65. The van der Waals surface area contributed by atoms with Gasteiger partial charge in [0.15, 0.2) is 12.3 Å². The van der Waals surface area contributed by atoms with Crippen LogP contribution < -0.4 is 10.1 Å². The number of hydrogen-bond acceptors (Lipinski definition) is 5. The second-order valence-corrected chi connectivity index (χ2v) is 6.56. The van der Waals surface area contributed by atoms with E-state index in [1.807, 2.05) is 55.3 Å². The summed E-state index contributed by atoms with van der Waals surface area (Å²) < 4.78 is 7.51. The Kier molecular flexibility index (Phi) is 4.20. The number of anilines is 1. The topological polar surface area (TPSA) is 71.8 Å². The normalized spacial score (nSPS) is 15.0. The lowest BCUT2D eigenvalue weighted by Gasteiger charge is -2.27. The van der Waals surface area contributed by atoms with Gasteiger partial charge >= 0.3 is 0 Å². The molecule has 0 unspecified atom stereocenters. The minimum Gasteiger partial charge on any atom is -0.484 e. The van der Waals surface area contributed by atoms with E-state index < -0.39 is 0 Å². The van der Waals surface area contributed by atoms with E-state index in [4.69, 9.17) is 9.72 Å². The summed E-state index contributed by atoms with van der Waals surface area (Å²) in [5.41, 5.74) is 2.65. The number of amides is 1. The molecule has 134 valence electrons. The first kappa shape index (κ1) is 16.4. The third-order valence-corrected chi connectivity index (χ3v) is 4.48. The molecule has 0 fully saturated rings. The summed E-state index contributed by atoms with van der Waals surface area (Å²) in [7, 11) is 0. The maximum Gasteiger partial charge on any atom is 0.260 e. The van der Waals surface area contributed by atoms with Crippen LogP contribution >= 0.6 is 0 Å². The van der Waals surface area contributed by atoms with E-state index in [1.54, 1.807) is 10.7 Å². The number of ether oxygens (including phenoxy) is 1. The number of nitrogens with zero attached hydrogens (tertiary/aromatic N) is 4. The van der Waals surface area contributed by atoms with Gasteiger partial charge in [0.25, 0.3) is 5.91 Å². The Bertz CT molecular complexity index is 950. The van der Waals surface area contributed by atoms with Crippen LogP contribution in [0.25, 0.3) is 16.8 Å². The van der Waals surface area contributed by atoms with E-state index in [0.29, 0.717) is 18.8 Å². The molecule has 1 aliphatic heterocycles. The van der Waals surface area contributed by atoms with E-state index in [2.05, 4.69) is 10.4 Å². The molecule has 0 aliphatic carbocycles. The minimum absolute atomic E-state index is 0.0224. The van der Waals surface area contributed by atoms with Gasteiger partial charge in [-0.3, -0.25) is 4.79 Å². The lowest BCUT2D eigenvalue weighted by molar-refractivity contribution is -0.134. The van der Waals surface area contributed by atoms with Gasteiger partial charge in [0.05, 0.1) is 6.20 Å². The molecule has 1 N–H and O–H groups in total. The Balaban J connectivity index is 1.78. The van der Waals surface area contributed by atoms with Gasteiger partial charge in [-0.2, -0.15) is 5.10 Å². The van der Waals surface area contributed by atoms with Gasteiger partial charge in [-0.15, -0.1) is 0 Å². The van der Waals surface area contributed by atoms with E-state index in [1.165, 1.54) is 0 Å². The molecule has 1 aliphatic rings. The van der Waals surface area contributed by atoms with E-state index in [9.17, 15) is 4.79 Å². The third kappa shape index (κ3) is 3.08. The second kappa shape index (κ2) is 6.67. The molecule has 1 amide bonds. The van der Waals surface area contributed by atoms with Crippen molar-refractivity contribution in [3.8, 4) is 16.9 Å². The number of hydrogen-bond donors (Lipinski definition) is 1. The molecule has 0 atom stereocenters. The number of nitrogens with one attached hydrogen (secondary N) is 1. The molecule has 0 saturated carbocycles. The van der Waals surface area contributed by atoms with Gasteiger partial charge in [0.2, 0.25) is 0 Å². The molecule has 0 radical (unpaired) electrons. The summed E-state index contributed by atoms with van der Waals surface area (Å²) in [6.07, 6.45) is 3.68. The van der Waals surface area contributed by atoms with Gasteiger partial charge < -0.3 is 15.0 Å². The number of rotatable bonds is 1. The first-order chi connectivity index (χ1) is 12.6. The van der Waals surface area contributed by atoms with Crippen LogP contribution in [0.3, 0.4) is 0 Å². The first-order valence-corrected chi connectivity index (χ1v) is 8.73. The van der Waals surface area contributed by atoms with Gasteiger partial charge in [0, 0.05) is 30.9 Å². The summed E-state index contributed by atoms with van der Waals surface area (Å²) in [5, 5.41) is 7.67. The molecule has 4 bridgehead atoms. The van der Waals surface area contributed by atoms with Gasteiger partial charge in [-0.25, -0.2) is 9.50 Å². The number of carbonyl (C=O) groups excluding carboxylic acids is 1. The molecular formula is C19H21N5O2. The minimum atomic E-state index is -0.0288. The fourth-order valence-corrected chi connectivity index (χ4v) is 3.13. The van der Waals surface area contributed by atoms with Gasteiger partial charge in [-0.05, 0) is 37.6 Å². The summed E-state index contributed by atoms with van der Waals surface area (Å²) >= 11 is 0. The molecule has 26 heavy (non-hydrogen) atoms. The smallest absolute Gasteiger partial charge is 0.260 e. The first-order valence-electron chi connectivity index (χ1n) is 8.73. The average molecular weight is 351 g/mol. The van der Waals surface area contributed by atoms with Gasteiger partial charge in [0.1, 0.15) is 11.6 Å². The van der Waals surface area contributed by atoms with Crippen LogP contribution in [0.15, 0.2) is 42.7 Å². The molecule has 4 rings (SSSR count). The molecule has 7 heteroatoms. The lowest BCUT2D eigenvalue weighted by Crippen LogP contribution is -2.42. The zero-order valence-electron chi connectivity index (χ0n) is 14.8. The molecular weight excluding hydrogens is 330 g/mol. The van der Waals surface area contributed by atoms with E-state index in [-0.39, 0.29) is 18.6 Å². The molecule has 7 nitrogen and oxygen atoms in total. The molecule has 3 aromatic rings. The Morgan fingerprint density at radius 3 is 3.00 bits per heavy atom. The van der Waals surface area contributed by atoms with Crippen molar-refractivity contribution in [2.24, 2.45) is 0 Å². The van der Waals surface area contributed by atoms with Crippen LogP contribution in [0.1, 0.15) is 13.8 Å². The number of fused-ring (bicyclic) bond motifs is 4. The van der Waals surface area contributed by atoms with Crippen molar-refractivity contribution < 1.29 is 9.53 Å². The van der Waals surface area contributed by atoms with Crippen molar-refractivity contribution in [2.75, 3.05) is 25.0 Å². The quantitative estimate of drug-likeness (QED) is 0.729. The number of aromatic nitrogens is 3. The van der Waals surface area contributed by atoms with Crippen LogP contribution in [-0.2, 0) is 4.79 Å². The van der Waals surface area contributed by atoms with Crippen molar-refractivity contribution in [1.82, 2.24) is 19.5 Å². The van der Waals surface area contributed by atoms with Crippen molar-refractivity contribution in [1.29, 1.82) is 0 Å². The fourth-order valence-electron chi connectivity index (χ4n) is 3.13. The summed E-state index contributed by atoms with van der Waals surface area (Å²) in [4.78, 5) is 19.1. The molecule has 0 saturated heterocycles. The highest BCUT2D eigenvalue weighted by molar-refractivity contribution is 5.80. The van der Waals surface area contributed by atoms with Gasteiger partial charge in [-0.1, -0.05) is 12.1 Å². The number of benzene rings is 1. The maximum atomic E-state index is 12.6. The second-order valence-electron chi connectivity index (χ2n) is 6.56. The predicted octanol–water partition coefficient (Wildman–Crippen LogP) is 2.44. The zero-order valence-corrected chi connectivity index (χ0v) is 14.8. The Morgan fingerprint density at radius 2 is 2.15 bits per heavy atom. The highest BCUT2D eigenvalue weighted by Crippen LogP contribution is 2.27. The van der Waals surface area contributed by atoms with Crippen LogP contribution in [0, 0.1) is 0 Å². The third-order valence-electron chi connectivity index (χ3n) is 4.48. The largest absolute Gasteiger partial charge is 0.484 e. The van der Waals surface area contributed by atoms with Crippen molar-refractivity contribution in [3.63, 3.8) is 0 Å². The highest BCUT2D eigenvalue weighted by atomic mass is 16.5. The standard InChI is InChI=1S/C19H21N5O2/c1-13(2)23-9-7-20-17-6-8-24-19(22-17)16(11-21-24)14-4-3-5-15(10-14)26-12-18(23)25/h3-6,8,10-11,13H,7,9,12H2,1-2H3,(H,20,22). The van der Waals surface area contributed by atoms with Crippen molar-refractivity contribution >= 4 is 17.4 Å². The SMILES string of the molecule is CC(C)N1CCNc2ccn3ncc(c3n2)-c2cccc(c2)OCC1=O. The molecule has 3 heterocycles.